The lowest BCUT2D eigenvalue weighted by Crippen LogP contribution is -2.15. The van der Waals surface area contributed by atoms with Gasteiger partial charge in [0.1, 0.15) is 0 Å². The Balaban J connectivity index is 1.90. The summed E-state index contributed by atoms with van der Waals surface area (Å²) in [5.74, 6) is 0.140. The maximum absolute atomic E-state index is 12.2. The van der Waals surface area contributed by atoms with Gasteiger partial charge in [-0.25, -0.2) is 0 Å². The molecular formula is C16H18N2O2S. The Bertz CT molecular complexity index is 671. The third kappa shape index (κ3) is 4.43. The van der Waals surface area contributed by atoms with E-state index < -0.39 is 10.8 Å². The molecule has 0 saturated heterocycles. The van der Waals surface area contributed by atoms with Crippen LogP contribution in [0.5, 0.6) is 0 Å². The molecule has 2 rings (SSSR count). The number of anilines is 2. The first-order chi connectivity index (χ1) is 10.1. The average Bonchev–Trinajstić information content (AvgIpc) is 2.45. The van der Waals surface area contributed by atoms with Crippen molar-refractivity contribution in [3.8, 4) is 0 Å². The van der Waals surface area contributed by atoms with Crippen LogP contribution >= 0.6 is 0 Å². The summed E-state index contributed by atoms with van der Waals surface area (Å²) in [6.07, 6.45) is 0.204. The molecule has 1 amide bonds. The van der Waals surface area contributed by atoms with Gasteiger partial charge in [-0.15, -0.1) is 0 Å². The van der Waals surface area contributed by atoms with E-state index in [4.69, 9.17) is 5.73 Å². The van der Waals surface area contributed by atoms with E-state index in [1.807, 2.05) is 31.2 Å². The van der Waals surface area contributed by atoms with E-state index in [0.717, 1.165) is 10.5 Å². The number of nitrogen functional groups attached to an aromatic ring is 1. The van der Waals surface area contributed by atoms with Crippen LogP contribution in [0, 0.1) is 6.92 Å². The Morgan fingerprint density at radius 2 is 1.95 bits per heavy atom. The fourth-order valence-corrected chi connectivity index (χ4v) is 3.20. The molecule has 0 aliphatic rings. The molecule has 0 bridgehead atoms. The molecule has 0 aromatic heterocycles. The Labute approximate surface area is 126 Å². The van der Waals surface area contributed by atoms with Crippen LogP contribution in [0.15, 0.2) is 53.4 Å². The minimum absolute atomic E-state index is 0.164. The molecule has 21 heavy (non-hydrogen) atoms. The first-order valence-electron chi connectivity index (χ1n) is 6.65. The number of amides is 1. The van der Waals surface area contributed by atoms with Crippen LogP contribution in [0.25, 0.3) is 0 Å². The molecular weight excluding hydrogens is 284 g/mol. The van der Waals surface area contributed by atoms with Gasteiger partial charge in [0.2, 0.25) is 5.91 Å². The number of rotatable bonds is 5. The van der Waals surface area contributed by atoms with E-state index in [-0.39, 0.29) is 12.3 Å². The monoisotopic (exact) mass is 302 g/mol. The molecule has 0 fully saturated rings. The number of hydrogen-bond acceptors (Lipinski definition) is 3. The van der Waals surface area contributed by atoms with Crippen molar-refractivity contribution < 1.29 is 9.00 Å². The standard InChI is InChI=1S/C16H18N2O2S/c1-12-5-2-3-8-15(12)21(20)10-9-16(19)18-14-7-4-6-13(17)11-14/h2-8,11H,9-10,17H2,1H3,(H,18,19). The highest BCUT2D eigenvalue weighted by molar-refractivity contribution is 7.85. The number of carbonyl (C=O) groups is 1. The fraction of sp³-hybridized carbons (Fsp3) is 0.188. The summed E-state index contributed by atoms with van der Waals surface area (Å²) in [4.78, 5) is 12.6. The Morgan fingerprint density at radius 3 is 2.67 bits per heavy atom. The first kappa shape index (κ1) is 15.3. The lowest BCUT2D eigenvalue weighted by molar-refractivity contribution is -0.115. The van der Waals surface area contributed by atoms with Crippen LogP contribution in [0.1, 0.15) is 12.0 Å². The van der Waals surface area contributed by atoms with Crippen molar-refractivity contribution in [1.29, 1.82) is 0 Å². The fourth-order valence-electron chi connectivity index (χ4n) is 1.95. The summed E-state index contributed by atoms with van der Waals surface area (Å²) in [5.41, 5.74) is 7.88. The summed E-state index contributed by atoms with van der Waals surface area (Å²) in [6, 6.07) is 14.5. The molecule has 1 atom stereocenters. The topological polar surface area (TPSA) is 72.2 Å². The second kappa shape index (κ2) is 7.04. The van der Waals surface area contributed by atoms with Gasteiger partial charge < -0.3 is 11.1 Å². The minimum atomic E-state index is -1.16. The summed E-state index contributed by atoms with van der Waals surface area (Å²) in [5, 5.41) is 2.75. The predicted octanol–water partition coefficient (Wildman–Crippen LogP) is 2.71. The van der Waals surface area contributed by atoms with Crippen molar-refractivity contribution in [2.45, 2.75) is 18.2 Å². The summed E-state index contributed by atoms with van der Waals surface area (Å²) in [6.45, 7) is 1.92. The van der Waals surface area contributed by atoms with Gasteiger partial charge in [-0.2, -0.15) is 0 Å². The number of benzene rings is 2. The molecule has 0 heterocycles. The summed E-state index contributed by atoms with van der Waals surface area (Å²) in [7, 11) is -1.16. The van der Waals surface area contributed by atoms with Crippen LogP contribution in [0.2, 0.25) is 0 Å². The van der Waals surface area contributed by atoms with Gasteiger partial charge in [0, 0.05) is 28.4 Å². The van der Waals surface area contributed by atoms with E-state index in [1.165, 1.54) is 0 Å². The number of hydrogen-bond donors (Lipinski definition) is 2. The van der Waals surface area contributed by atoms with Gasteiger partial charge in [-0.3, -0.25) is 9.00 Å². The van der Waals surface area contributed by atoms with E-state index >= 15 is 0 Å². The Hall–Kier alpha value is -2.14. The Morgan fingerprint density at radius 1 is 1.19 bits per heavy atom. The van der Waals surface area contributed by atoms with E-state index in [2.05, 4.69) is 5.32 Å². The molecule has 1 unspecified atom stereocenters. The molecule has 0 saturated carbocycles. The number of nitrogens with one attached hydrogen (secondary N) is 1. The van der Waals surface area contributed by atoms with Gasteiger partial charge in [-0.1, -0.05) is 24.3 Å². The molecule has 2 aromatic rings. The van der Waals surface area contributed by atoms with Crippen LogP contribution < -0.4 is 11.1 Å². The van der Waals surface area contributed by atoms with Crippen LogP contribution in [-0.4, -0.2) is 15.9 Å². The SMILES string of the molecule is Cc1ccccc1S(=O)CCC(=O)Nc1cccc(N)c1. The van der Waals surface area contributed by atoms with Crippen molar-refractivity contribution >= 4 is 28.1 Å². The second-order valence-electron chi connectivity index (χ2n) is 4.74. The van der Waals surface area contributed by atoms with Crippen LogP contribution in [-0.2, 0) is 15.6 Å². The first-order valence-corrected chi connectivity index (χ1v) is 7.97. The smallest absolute Gasteiger partial charge is 0.225 e. The minimum Gasteiger partial charge on any atom is -0.399 e. The van der Waals surface area contributed by atoms with E-state index in [0.29, 0.717) is 17.1 Å². The lowest BCUT2D eigenvalue weighted by atomic mass is 10.2. The van der Waals surface area contributed by atoms with E-state index in [1.54, 1.807) is 24.3 Å². The van der Waals surface area contributed by atoms with Crippen molar-refractivity contribution in [2.75, 3.05) is 16.8 Å². The number of aryl methyl sites for hydroxylation is 1. The van der Waals surface area contributed by atoms with Gasteiger partial charge >= 0.3 is 0 Å². The van der Waals surface area contributed by atoms with Gasteiger partial charge in [0.15, 0.2) is 0 Å². The third-order valence-corrected chi connectivity index (χ3v) is 4.55. The average molecular weight is 302 g/mol. The zero-order valence-electron chi connectivity index (χ0n) is 11.8. The van der Waals surface area contributed by atoms with Crippen molar-refractivity contribution in [2.24, 2.45) is 0 Å². The van der Waals surface area contributed by atoms with Gasteiger partial charge in [0.05, 0.1) is 10.8 Å². The van der Waals surface area contributed by atoms with Crippen molar-refractivity contribution in [3.63, 3.8) is 0 Å². The Kier molecular flexibility index (Phi) is 5.11. The molecule has 0 spiro atoms. The van der Waals surface area contributed by atoms with Crippen LogP contribution in [0.3, 0.4) is 0 Å². The highest BCUT2D eigenvalue weighted by Crippen LogP contribution is 2.14. The molecule has 0 aliphatic heterocycles. The third-order valence-electron chi connectivity index (χ3n) is 3.02. The molecule has 110 valence electrons. The maximum atomic E-state index is 12.2. The molecule has 0 radical (unpaired) electrons. The zero-order valence-corrected chi connectivity index (χ0v) is 12.7. The molecule has 3 N–H and O–H groups in total. The maximum Gasteiger partial charge on any atom is 0.225 e. The lowest BCUT2D eigenvalue weighted by Gasteiger charge is -2.07. The largest absolute Gasteiger partial charge is 0.399 e. The quantitative estimate of drug-likeness (QED) is 0.834. The molecule has 2 aromatic carbocycles. The number of nitrogens with two attached hydrogens (primary N) is 1. The molecule has 5 heteroatoms. The van der Waals surface area contributed by atoms with Crippen LogP contribution in [0.4, 0.5) is 11.4 Å². The van der Waals surface area contributed by atoms with E-state index in [9.17, 15) is 9.00 Å². The summed E-state index contributed by atoms with van der Waals surface area (Å²) >= 11 is 0. The zero-order chi connectivity index (χ0) is 15.2. The highest BCUT2D eigenvalue weighted by Gasteiger charge is 2.10. The molecule has 4 nitrogen and oxygen atoms in total. The molecule has 0 aliphatic carbocycles. The second-order valence-corrected chi connectivity index (χ2v) is 6.28. The highest BCUT2D eigenvalue weighted by atomic mass is 32.2. The predicted molar refractivity (Wildman–Crippen MR) is 86.6 cm³/mol. The van der Waals surface area contributed by atoms with Crippen molar-refractivity contribution in [1.82, 2.24) is 0 Å². The normalized spacial score (nSPS) is 11.9. The van der Waals surface area contributed by atoms with Gasteiger partial charge in [0.25, 0.3) is 0 Å². The summed E-state index contributed by atoms with van der Waals surface area (Å²) < 4.78 is 12.2. The number of carbonyl (C=O) groups excluding carboxylic acids is 1. The van der Waals surface area contributed by atoms with Gasteiger partial charge in [-0.05, 0) is 36.8 Å². The van der Waals surface area contributed by atoms with Crippen molar-refractivity contribution in [3.05, 3.63) is 54.1 Å².